The van der Waals surface area contributed by atoms with Gasteiger partial charge in [0, 0.05) is 17.6 Å². The smallest absolute Gasteiger partial charge is 0.288 e. The van der Waals surface area contributed by atoms with Crippen molar-refractivity contribution in [3.05, 3.63) is 40.9 Å². The summed E-state index contributed by atoms with van der Waals surface area (Å²) < 4.78 is 5.03. The fraction of sp³-hybridized carbons (Fsp3) is 0.100. The number of hydrogen-bond donors (Lipinski definition) is 0. The first-order valence-electron chi connectivity index (χ1n) is 4.10. The minimum absolute atomic E-state index is 0.353. The van der Waals surface area contributed by atoms with Crippen LogP contribution in [0, 0.1) is 0 Å². The van der Waals surface area contributed by atoms with Crippen molar-refractivity contribution in [1.82, 2.24) is 9.97 Å². The van der Waals surface area contributed by atoms with Crippen molar-refractivity contribution >= 4 is 10.9 Å². The van der Waals surface area contributed by atoms with Crippen LogP contribution in [0.3, 0.4) is 0 Å². The van der Waals surface area contributed by atoms with Crippen LogP contribution in [0.2, 0.25) is 0 Å². The van der Waals surface area contributed by atoms with E-state index in [0.717, 1.165) is 5.39 Å². The summed E-state index contributed by atoms with van der Waals surface area (Å²) in [4.78, 5) is 18.7. The molecule has 2 rings (SSSR count). The van der Waals surface area contributed by atoms with Gasteiger partial charge in [0.1, 0.15) is 5.75 Å². The molecule has 14 heavy (non-hydrogen) atoms. The zero-order chi connectivity index (χ0) is 9.97. The molecule has 70 valence electrons. The number of benzene rings is 1. The molecule has 1 aromatic carbocycles. The second kappa shape index (κ2) is 3.41. The van der Waals surface area contributed by atoms with Gasteiger partial charge in [0.2, 0.25) is 0 Å². The Bertz CT molecular complexity index is 525. The Labute approximate surface area is 80.2 Å². The van der Waals surface area contributed by atoms with Crippen LogP contribution in [0.4, 0.5) is 0 Å². The molecule has 0 fully saturated rings. The van der Waals surface area contributed by atoms with Gasteiger partial charge in [-0.3, -0.25) is 9.78 Å². The van der Waals surface area contributed by atoms with Gasteiger partial charge in [-0.2, -0.15) is 0 Å². The number of fused-ring (bicyclic) bond motifs is 1. The molecule has 1 heterocycles. The lowest BCUT2D eigenvalue weighted by atomic mass is 10.2. The number of nitrogens with zero attached hydrogens (tertiary/aromatic N) is 2. The predicted octanol–water partition coefficient (Wildman–Crippen LogP) is 0.999. The zero-order valence-corrected chi connectivity index (χ0v) is 7.60. The van der Waals surface area contributed by atoms with E-state index >= 15 is 0 Å². The number of ether oxygens (including phenoxy) is 1. The molecule has 0 N–H and O–H groups in total. The molecule has 4 nitrogen and oxygen atoms in total. The molecule has 0 aliphatic heterocycles. The van der Waals surface area contributed by atoms with Crippen molar-refractivity contribution in [2.45, 2.75) is 0 Å². The largest absolute Gasteiger partial charge is 0.497 e. The summed E-state index contributed by atoms with van der Waals surface area (Å²) in [5, 5.41) is 0.813. The number of rotatable bonds is 1. The second-order valence-corrected chi connectivity index (χ2v) is 2.78. The van der Waals surface area contributed by atoms with E-state index in [2.05, 4.69) is 9.97 Å². The molecular weight excluding hydrogens is 180 g/mol. The molecule has 0 spiro atoms. The highest BCUT2D eigenvalue weighted by molar-refractivity contribution is 5.78. The lowest BCUT2D eigenvalue weighted by Gasteiger charge is -1.97. The average Bonchev–Trinajstić information content (AvgIpc) is 2.37. The molecule has 2 aromatic rings. The van der Waals surface area contributed by atoms with E-state index in [1.807, 2.05) is 6.07 Å². The summed E-state index contributed by atoms with van der Waals surface area (Å²) >= 11 is 0. The maximum absolute atomic E-state index is 11.1. The van der Waals surface area contributed by atoms with Crippen LogP contribution in [-0.2, 0) is 0 Å². The SMILES string of the molecule is COc1ccc2cncc(=O)nc2c1. The van der Waals surface area contributed by atoms with E-state index in [9.17, 15) is 4.79 Å². The Morgan fingerprint density at radius 3 is 2.93 bits per heavy atom. The molecule has 0 radical (unpaired) electrons. The fourth-order valence-corrected chi connectivity index (χ4v) is 1.19. The van der Waals surface area contributed by atoms with E-state index in [0.29, 0.717) is 11.3 Å². The van der Waals surface area contributed by atoms with E-state index in [4.69, 9.17) is 4.74 Å². The average molecular weight is 188 g/mol. The maximum Gasteiger partial charge on any atom is 0.288 e. The normalized spacial score (nSPS) is 10.1. The van der Waals surface area contributed by atoms with Crippen LogP contribution in [0.1, 0.15) is 0 Å². The highest BCUT2D eigenvalue weighted by Gasteiger charge is 1.96. The molecule has 1 aromatic heterocycles. The summed E-state index contributed by atoms with van der Waals surface area (Å²) in [7, 11) is 1.57. The van der Waals surface area contributed by atoms with Crippen molar-refractivity contribution in [2.75, 3.05) is 7.11 Å². The number of methoxy groups -OCH3 is 1. The summed E-state index contributed by atoms with van der Waals surface area (Å²) in [5.74, 6) is 0.676. The van der Waals surface area contributed by atoms with Crippen molar-refractivity contribution in [3.63, 3.8) is 0 Å². The third kappa shape index (κ3) is 1.54. The molecule has 0 aliphatic rings. The van der Waals surface area contributed by atoms with Crippen LogP contribution in [0.25, 0.3) is 10.9 Å². The van der Waals surface area contributed by atoms with E-state index in [1.54, 1.807) is 25.4 Å². The van der Waals surface area contributed by atoms with Gasteiger partial charge in [-0.25, -0.2) is 4.98 Å². The van der Waals surface area contributed by atoms with E-state index in [-0.39, 0.29) is 5.56 Å². The van der Waals surface area contributed by atoms with Crippen molar-refractivity contribution in [1.29, 1.82) is 0 Å². The Morgan fingerprint density at radius 2 is 2.14 bits per heavy atom. The summed E-state index contributed by atoms with van der Waals surface area (Å²) in [6.07, 6.45) is 2.79. The molecule has 4 heteroatoms. The molecule has 0 saturated heterocycles. The van der Waals surface area contributed by atoms with Crippen LogP contribution in [-0.4, -0.2) is 17.1 Å². The van der Waals surface area contributed by atoms with Crippen LogP contribution >= 0.6 is 0 Å². The van der Waals surface area contributed by atoms with Gasteiger partial charge in [-0.05, 0) is 12.1 Å². The first-order valence-corrected chi connectivity index (χ1v) is 4.10. The van der Waals surface area contributed by atoms with Gasteiger partial charge in [-0.15, -0.1) is 0 Å². The minimum Gasteiger partial charge on any atom is -0.497 e. The van der Waals surface area contributed by atoms with Crippen molar-refractivity contribution < 1.29 is 4.74 Å². The molecular formula is C10H8N2O2. The van der Waals surface area contributed by atoms with Crippen molar-refractivity contribution in [3.8, 4) is 5.75 Å². The highest BCUT2D eigenvalue weighted by atomic mass is 16.5. The summed E-state index contributed by atoms with van der Waals surface area (Å²) in [6, 6.07) is 5.32. The van der Waals surface area contributed by atoms with Gasteiger partial charge in [0.05, 0.1) is 18.8 Å². The summed E-state index contributed by atoms with van der Waals surface area (Å²) in [6.45, 7) is 0. The Balaban J connectivity index is 2.81. The maximum atomic E-state index is 11.1. The van der Waals surface area contributed by atoms with E-state index in [1.165, 1.54) is 6.20 Å². The van der Waals surface area contributed by atoms with Crippen LogP contribution in [0.15, 0.2) is 35.4 Å². The monoisotopic (exact) mass is 188 g/mol. The zero-order valence-electron chi connectivity index (χ0n) is 7.60. The fourth-order valence-electron chi connectivity index (χ4n) is 1.19. The summed E-state index contributed by atoms with van der Waals surface area (Å²) in [5.41, 5.74) is 0.236. The number of aromatic nitrogens is 2. The quantitative estimate of drug-likeness (QED) is 0.669. The van der Waals surface area contributed by atoms with Gasteiger partial charge < -0.3 is 4.74 Å². The third-order valence-electron chi connectivity index (χ3n) is 1.87. The molecule has 0 saturated carbocycles. The van der Waals surface area contributed by atoms with Crippen LogP contribution in [0.5, 0.6) is 5.75 Å². The minimum atomic E-state index is -0.353. The van der Waals surface area contributed by atoms with Gasteiger partial charge in [0.25, 0.3) is 5.56 Å². The second-order valence-electron chi connectivity index (χ2n) is 2.78. The van der Waals surface area contributed by atoms with Crippen molar-refractivity contribution in [2.24, 2.45) is 0 Å². The van der Waals surface area contributed by atoms with E-state index < -0.39 is 0 Å². The first kappa shape index (κ1) is 8.62. The first-order chi connectivity index (χ1) is 6.79. The van der Waals surface area contributed by atoms with Gasteiger partial charge in [-0.1, -0.05) is 0 Å². The third-order valence-corrected chi connectivity index (χ3v) is 1.87. The Hall–Kier alpha value is -1.97. The number of hydrogen-bond acceptors (Lipinski definition) is 4. The van der Waals surface area contributed by atoms with Gasteiger partial charge in [0.15, 0.2) is 0 Å². The Morgan fingerprint density at radius 1 is 1.29 bits per heavy atom. The topological polar surface area (TPSA) is 52.1 Å². The molecule has 0 amide bonds. The molecule has 0 unspecified atom stereocenters. The standard InChI is InChI=1S/C10H8N2O2/c1-14-8-3-2-7-5-11-6-10(13)12-9(7)4-8/h2-6H,1H3. The predicted molar refractivity (Wildman–Crippen MR) is 52.4 cm³/mol. The van der Waals surface area contributed by atoms with Gasteiger partial charge >= 0.3 is 0 Å². The lowest BCUT2D eigenvalue weighted by molar-refractivity contribution is 0.415. The van der Waals surface area contributed by atoms with Crippen LogP contribution < -0.4 is 10.3 Å². The molecule has 0 aliphatic carbocycles. The Kier molecular flexibility index (Phi) is 2.10. The molecule has 0 atom stereocenters. The highest BCUT2D eigenvalue weighted by Crippen LogP contribution is 2.16. The molecule has 0 bridgehead atoms. The lowest BCUT2D eigenvalue weighted by Crippen LogP contribution is -1.99.